The van der Waals surface area contributed by atoms with Gasteiger partial charge < -0.3 is 15.4 Å². The Bertz CT molecular complexity index is 1150. The Morgan fingerprint density at radius 3 is 2.65 bits per heavy atom. The summed E-state index contributed by atoms with van der Waals surface area (Å²) in [7, 11) is 3.51. The molecule has 1 aromatic heterocycles. The van der Waals surface area contributed by atoms with Crippen LogP contribution in [0.3, 0.4) is 0 Å². The van der Waals surface area contributed by atoms with E-state index in [0.29, 0.717) is 17.2 Å². The van der Waals surface area contributed by atoms with E-state index < -0.39 is 6.04 Å². The number of ketones is 1. The fraction of sp³-hybridized carbons (Fsp3) is 0.217. The van der Waals surface area contributed by atoms with E-state index in [1.54, 1.807) is 25.3 Å². The van der Waals surface area contributed by atoms with Crippen molar-refractivity contribution < 1.29 is 13.9 Å². The molecule has 3 aromatic rings. The molecule has 2 N–H and O–H groups in total. The first kappa shape index (κ1) is 21.7. The van der Waals surface area contributed by atoms with Crippen LogP contribution in [0.2, 0.25) is 0 Å². The number of methoxy groups -OCH3 is 1. The second kappa shape index (κ2) is 8.90. The largest absolute Gasteiger partial charge is 0.497 e. The number of nitrogens with zero attached hydrogens (tertiary/aromatic N) is 2. The molecule has 2 aromatic carbocycles. The third-order valence-electron chi connectivity index (χ3n) is 5.42. The Balaban J connectivity index is 1.78. The maximum atomic E-state index is 13.5. The molecule has 0 radical (unpaired) electrons. The van der Waals surface area contributed by atoms with E-state index in [0.717, 1.165) is 26.3 Å². The second-order valence-electron chi connectivity index (χ2n) is 7.25. The van der Waals surface area contributed by atoms with Crippen LogP contribution in [-0.2, 0) is 0 Å². The van der Waals surface area contributed by atoms with Crippen LogP contribution in [0.25, 0.3) is 0 Å². The van der Waals surface area contributed by atoms with Crippen LogP contribution in [0.5, 0.6) is 5.75 Å². The molecule has 1 aliphatic rings. The zero-order valence-corrected chi connectivity index (χ0v) is 19.4. The fourth-order valence-corrected chi connectivity index (χ4v) is 5.07. The van der Waals surface area contributed by atoms with E-state index in [9.17, 15) is 9.18 Å². The number of Topliss-reactive ketones (excluding diaryl/α,β-unsaturated/α-hetero) is 1. The number of ether oxygens (including phenoxy) is 1. The van der Waals surface area contributed by atoms with Gasteiger partial charge in [0.25, 0.3) is 0 Å². The van der Waals surface area contributed by atoms with Gasteiger partial charge in [0.15, 0.2) is 5.78 Å². The van der Waals surface area contributed by atoms with E-state index in [1.165, 1.54) is 23.5 Å². The first-order chi connectivity index (χ1) is 14.9. The molecule has 2 atom stereocenters. The van der Waals surface area contributed by atoms with Gasteiger partial charge in [0.05, 0.1) is 40.1 Å². The van der Waals surface area contributed by atoms with Gasteiger partial charge in [0.2, 0.25) is 0 Å². The van der Waals surface area contributed by atoms with Gasteiger partial charge in [-0.15, -0.1) is 11.3 Å². The third kappa shape index (κ3) is 4.28. The van der Waals surface area contributed by atoms with Gasteiger partial charge in [-0.1, -0.05) is 0 Å². The quantitative estimate of drug-likeness (QED) is 0.521. The summed E-state index contributed by atoms with van der Waals surface area (Å²) in [4.78, 5) is 20.5. The third-order valence-corrected chi connectivity index (χ3v) is 7.06. The molecule has 31 heavy (non-hydrogen) atoms. The van der Waals surface area contributed by atoms with Gasteiger partial charge >= 0.3 is 0 Å². The fourth-order valence-electron chi connectivity index (χ4n) is 3.70. The number of halogens is 2. The number of fused-ring (bicyclic) bond motifs is 1. The Morgan fingerprint density at radius 2 is 2.00 bits per heavy atom. The number of aliphatic imine (C=N–C) groups is 1. The smallest absolute Gasteiger partial charge is 0.191 e. The lowest BCUT2D eigenvalue weighted by Crippen LogP contribution is -2.52. The van der Waals surface area contributed by atoms with Gasteiger partial charge in [0, 0.05) is 29.9 Å². The normalized spacial score (nSPS) is 16.9. The van der Waals surface area contributed by atoms with Crippen LogP contribution < -0.4 is 15.4 Å². The van der Waals surface area contributed by atoms with Gasteiger partial charge in [-0.05, 0) is 64.5 Å². The van der Waals surface area contributed by atoms with Crippen molar-refractivity contribution >= 4 is 44.4 Å². The molecule has 2 unspecified atom stereocenters. The van der Waals surface area contributed by atoms with Crippen LogP contribution in [0.4, 0.5) is 10.1 Å². The van der Waals surface area contributed by atoms with E-state index in [4.69, 9.17) is 15.5 Å². The van der Waals surface area contributed by atoms with Crippen LogP contribution in [0, 0.1) is 5.82 Å². The molecule has 0 amide bonds. The van der Waals surface area contributed by atoms with Crippen molar-refractivity contribution in [2.75, 3.05) is 25.6 Å². The Hall–Kier alpha value is -2.55. The SMILES string of the molecule is COc1ccc2c(c1)N(C)C(C(N)C(=O)c1ccc(Br)s1)CN=C2c1ccc(F)cc1. The lowest BCUT2D eigenvalue weighted by atomic mass is 9.99. The van der Waals surface area contributed by atoms with Crippen molar-refractivity contribution in [1.29, 1.82) is 0 Å². The van der Waals surface area contributed by atoms with Crippen molar-refractivity contribution in [2.45, 2.75) is 12.1 Å². The average molecular weight is 502 g/mol. The molecule has 0 spiro atoms. The molecule has 160 valence electrons. The highest BCUT2D eigenvalue weighted by atomic mass is 79.9. The Labute approximate surface area is 192 Å². The highest BCUT2D eigenvalue weighted by Gasteiger charge is 2.33. The molecule has 1 aliphatic heterocycles. The molecule has 0 aliphatic carbocycles. The number of rotatable bonds is 5. The molecular weight excluding hydrogens is 481 g/mol. The number of benzene rings is 2. The molecule has 8 heteroatoms. The van der Waals surface area contributed by atoms with Crippen LogP contribution in [0.15, 0.2) is 63.4 Å². The highest BCUT2D eigenvalue weighted by Crippen LogP contribution is 2.33. The molecule has 4 rings (SSSR count). The zero-order valence-electron chi connectivity index (χ0n) is 17.0. The molecule has 0 saturated carbocycles. The number of thiophene rings is 1. The molecule has 0 fully saturated rings. The van der Waals surface area contributed by atoms with Gasteiger partial charge in [-0.25, -0.2) is 4.39 Å². The van der Waals surface area contributed by atoms with E-state index >= 15 is 0 Å². The number of benzodiazepines with no additional fused rings is 1. The van der Waals surface area contributed by atoms with Crippen LogP contribution >= 0.6 is 27.3 Å². The molecule has 5 nitrogen and oxygen atoms in total. The molecule has 0 saturated heterocycles. The molecule has 0 bridgehead atoms. The summed E-state index contributed by atoms with van der Waals surface area (Å²) < 4.78 is 19.8. The lowest BCUT2D eigenvalue weighted by Gasteiger charge is -2.32. The van der Waals surface area contributed by atoms with Crippen molar-refractivity contribution in [3.8, 4) is 5.75 Å². The second-order valence-corrected chi connectivity index (χ2v) is 9.71. The number of anilines is 1. The number of hydrogen-bond acceptors (Lipinski definition) is 6. The Kier molecular flexibility index (Phi) is 6.22. The average Bonchev–Trinajstić information content (AvgIpc) is 3.16. The maximum Gasteiger partial charge on any atom is 0.191 e. The lowest BCUT2D eigenvalue weighted by molar-refractivity contribution is 0.0954. The summed E-state index contributed by atoms with van der Waals surface area (Å²) >= 11 is 4.76. The minimum absolute atomic E-state index is 0.127. The van der Waals surface area contributed by atoms with Crippen molar-refractivity contribution in [1.82, 2.24) is 0 Å². The minimum atomic E-state index is -0.772. The van der Waals surface area contributed by atoms with Crippen molar-refractivity contribution in [3.05, 3.63) is 80.2 Å². The zero-order chi connectivity index (χ0) is 22.1. The summed E-state index contributed by atoms with van der Waals surface area (Å²) in [5, 5.41) is 0. The highest BCUT2D eigenvalue weighted by molar-refractivity contribution is 9.11. The monoisotopic (exact) mass is 501 g/mol. The Morgan fingerprint density at radius 1 is 1.26 bits per heavy atom. The number of likely N-dealkylation sites (N-methyl/N-ethyl adjacent to an activating group) is 1. The minimum Gasteiger partial charge on any atom is -0.497 e. The van der Waals surface area contributed by atoms with Gasteiger partial charge in [0.1, 0.15) is 11.6 Å². The number of hydrogen-bond donors (Lipinski definition) is 1. The van der Waals surface area contributed by atoms with Crippen molar-refractivity contribution in [3.63, 3.8) is 0 Å². The van der Waals surface area contributed by atoms with E-state index in [1.807, 2.05) is 36.2 Å². The standard InChI is InChI=1S/C23H21BrFN3O2S/c1-28-17-11-15(30-2)7-8-16(17)22(13-3-5-14(25)6-4-13)27-12-18(28)21(26)23(29)19-9-10-20(24)31-19/h3-11,18,21H,12,26H2,1-2H3. The topological polar surface area (TPSA) is 67.9 Å². The molecular formula is C23H21BrFN3O2S. The maximum absolute atomic E-state index is 13.5. The number of carbonyl (C=O) groups is 1. The summed E-state index contributed by atoms with van der Waals surface area (Å²) in [6, 6.07) is 14.4. The summed E-state index contributed by atoms with van der Waals surface area (Å²) in [5.41, 5.74) is 9.72. The van der Waals surface area contributed by atoms with E-state index in [2.05, 4.69) is 15.9 Å². The summed E-state index contributed by atoms with van der Waals surface area (Å²) in [6.45, 7) is 0.319. The summed E-state index contributed by atoms with van der Waals surface area (Å²) in [5.74, 6) is 0.252. The van der Waals surface area contributed by atoms with Crippen molar-refractivity contribution in [2.24, 2.45) is 10.7 Å². The molecule has 2 heterocycles. The first-order valence-corrected chi connectivity index (χ1v) is 11.3. The van der Waals surface area contributed by atoms with Gasteiger partial charge in [-0.3, -0.25) is 9.79 Å². The van der Waals surface area contributed by atoms with E-state index in [-0.39, 0.29) is 17.6 Å². The predicted molar refractivity (Wildman–Crippen MR) is 126 cm³/mol. The van der Waals surface area contributed by atoms with Gasteiger partial charge in [-0.2, -0.15) is 0 Å². The number of carbonyl (C=O) groups excluding carboxylic acids is 1. The summed E-state index contributed by atoms with van der Waals surface area (Å²) in [6.07, 6.45) is 0. The van der Waals surface area contributed by atoms with Crippen LogP contribution in [0.1, 0.15) is 20.8 Å². The number of nitrogens with two attached hydrogens (primary N) is 1. The predicted octanol–water partition coefficient (Wildman–Crippen LogP) is 4.52. The first-order valence-electron chi connectivity index (χ1n) is 9.66. The van der Waals surface area contributed by atoms with Crippen LogP contribution in [-0.4, -0.2) is 44.3 Å².